The highest BCUT2D eigenvalue weighted by Gasteiger charge is 2.22. The van der Waals surface area contributed by atoms with Crippen LogP contribution in [0.4, 0.5) is 0 Å². The molecule has 5 heteroatoms. The van der Waals surface area contributed by atoms with Crippen LogP contribution in [0.5, 0.6) is 0 Å². The molecule has 1 heterocycles. The lowest BCUT2D eigenvalue weighted by Gasteiger charge is -2.25. The van der Waals surface area contributed by atoms with Gasteiger partial charge in [0.25, 0.3) is 0 Å². The lowest BCUT2D eigenvalue weighted by atomic mass is 9.96. The third-order valence-electron chi connectivity index (χ3n) is 4.20. The lowest BCUT2D eigenvalue weighted by Crippen LogP contribution is -2.38. The molecule has 0 atom stereocenters. The smallest absolute Gasteiger partial charge is 0.211 e. The summed E-state index contributed by atoms with van der Waals surface area (Å²) in [4.78, 5) is 0. The van der Waals surface area contributed by atoms with Gasteiger partial charge in [-0.3, -0.25) is 0 Å². The minimum Gasteiger partial charge on any atom is -0.317 e. The first-order valence-electron chi connectivity index (χ1n) is 7.36. The summed E-state index contributed by atoms with van der Waals surface area (Å²) in [5.74, 6) is 0.905. The van der Waals surface area contributed by atoms with E-state index < -0.39 is 10.0 Å². The molecule has 2 aliphatic rings. The molecule has 106 valence electrons. The Morgan fingerprint density at radius 1 is 1.00 bits per heavy atom. The highest BCUT2D eigenvalue weighted by atomic mass is 32.2. The Bertz CT molecular complexity index is 331. The molecule has 0 aromatic heterocycles. The maximum absolute atomic E-state index is 12.0. The maximum Gasteiger partial charge on any atom is 0.211 e. The van der Waals surface area contributed by atoms with Gasteiger partial charge < -0.3 is 5.32 Å². The predicted octanol–water partition coefficient (Wildman–Crippen LogP) is 1.63. The largest absolute Gasteiger partial charge is 0.317 e. The second-order valence-corrected chi connectivity index (χ2v) is 7.63. The van der Waals surface area contributed by atoms with Crippen LogP contribution < -0.4 is 10.0 Å². The minimum atomic E-state index is -3.05. The quantitative estimate of drug-likeness (QED) is 0.801. The zero-order chi connectivity index (χ0) is 12.8. The van der Waals surface area contributed by atoms with Crippen LogP contribution in [0.2, 0.25) is 0 Å². The van der Waals surface area contributed by atoms with Crippen molar-refractivity contribution in [1.82, 2.24) is 10.0 Å². The second kappa shape index (κ2) is 6.87. The van der Waals surface area contributed by atoms with Crippen LogP contribution in [0.15, 0.2) is 0 Å². The van der Waals surface area contributed by atoms with Gasteiger partial charge in [0, 0.05) is 6.04 Å². The highest BCUT2D eigenvalue weighted by molar-refractivity contribution is 7.89. The van der Waals surface area contributed by atoms with Crippen LogP contribution in [0.1, 0.15) is 51.4 Å². The van der Waals surface area contributed by atoms with Gasteiger partial charge in [-0.25, -0.2) is 13.1 Å². The summed E-state index contributed by atoms with van der Waals surface area (Å²) in [5, 5.41) is 3.31. The average molecular weight is 274 g/mol. The molecule has 0 spiro atoms. The van der Waals surface area contributed by atoms with Crippen molar-refractivity contribution in [2.45, 2.75) is 57.4 Å². The first-order chi connectivity index (χ1) is 8.66. The summed E-state index contributed by atoms with van der Waals surface area (Å²) in [7, 11) is -3.05. The molecule has 2 fully saturated rings. The van der Waals surface area contributed by atoms with Crippen molar-refractivity contribution < 1.29 is 8.42 Å². The molecule has 0 amide bonds. The maximum atomic E-state index is 12.0. The summed E-state index contributed by atoms with van der Waals surface area (Å²) in [6.07, 6.45) is 8.71. The fourth-order valence-electron chi connectivity index (χ4n) is 3.03. The van der Waals surface area contributed by atoms with Crippen LogP contribution in [0, 0.1) is 5.92 Å². The fraction of sp³-hybridized carbons (Fsp3) is 1.00. The summed E-state index contributed by atoms with van der Waals surface area (Å²) < 4.78 is 26.9. The van der Waals surface area contributed by atoms with E-state index in [0.717, 1.165) is 45.2 Å². The minimum absolute atomic E-state index is 0.205. The molecule has 0 aromatic carbocycles. The number of nitrogens with one attached hydrogen (secondary N) is 2. The van der Waals surface area contributed by atoms with Crippen LogP contribution in [0.25, 0.3) is 0 Å². The first-order valence-corrected chi connectivity index (χ1v) is 9.02. The van der Waals surface area contributed by atoms with Gasteiger partial charge in [-0.2, -0.15) is 0 Å². The lowest BCUT2D eigenvalue weighted by molar-refractivity contribution is 0.363. The Balaban J connectivity index is 1.72. The van der Waals surface area contributed by atoms with Gasteiger partial charge in [0.1, 0.15) is 0 Å². The molecule has 18 heavy (non-hydrogen) atoms. The van der Waals surface area contributed by atoms with E-state index in [1.807, 2.05) is 0 Å². The number of sulfonamides is 1. The molecule has 1 saturated carbocycles. The average Bonchev–Trinajstić information content (AvgIpc) is 2.38. The summed E-state index contributed by atoms with van der Waals surface area (Å²) in [6, 6.07) is 0.205. The Morgan fingerprint density at radius 3 is 2.33 bits per heavy atom. The Labute approximate surface area is 111 Å². The van der Waals surface area contributed by atoms with Gasteiger partial charge in [-0.05, 0) is 51.1 Å². The molecular formula is C13H26N2O2S. The molecule has 0 radical (unpaired) electrons. The SMILES string of the molecule is O=S(=O)(CCC1CCNCC1)NC1CCCCC1. The van der Waals surface area contributed by atoms with Crippen LogP contribution in [-0.2, 0) is 10.0 Å². The first kappa shape index (κ1) is 14.3. The summed E-state index contributed by atoms with van der Waals surface area (Å²) >= 11 is 0. The van der Waals surface area contributed by atoms with Gasteiger partial charge >= 0.3 is 0 Å². The van der Waals surface area contributed by atoms with E-state index in [0.29, 0.717) is 11.7 Å². The Kier molecular flexibility index (Phi) is 5.45. The molecule has 1 aliphatic carbocycles. The van der Waals surface area contributed by atoms with Crippen molar-refractivity contribution >= 4 is 10.0 Å². The molecule has 0 unspecified atom stereocenters. The van der Waals surface area contributed by atoms with Crippen molar-refractivity contribution in [3.05, 3.63) is 0 Å². The topological polar surface area (TPSA) is 58.2 Å². The van der Waals surface area contributed by atoms with E-state index in [-0.39, 0.29) is 6.04 Å². The van der Waals surface area contributed by atoms with Crippen molar-refractivity contribution in [3.63, 3.8) is 0 Å². The fourth-order valence-corrected chi connectivity index (χ4v) is 4.53. The van der Waals surface area contributed by atoms with Crippen LogP contribution in [-0.4, -0.2) is 33.3 Å². The zero-order valence-corrected chi connectivity index (χ0v) is 12.0. The Hall–Kier alpha value is -0.130. The third-order valence-corrected chi connectivity index (χ3v) is 5.67. The molecule has 2 rings (SSSR count). The van der Waals surface area contributed by atoms with Crippen LogP contribution >= 0.6 is 0 Å². The van der Waals surface area contributed by atoms with Gasteiger partial charge in [0.2, 0.25) is 10.0 Å². The van der Waals surface area contributed by atoms with Gasteiger partial charge in [-0.15, -0.1) is 0 Å². The zero-order valence-electron chi connectivity index (χ0n) is 11.2. The molecule has 1 aliphatic heterocycles. The van der Waals surface area contributed by atoms with Gasteiger partial charge in [0.15, 0.2) is 0 Å². The molecule has 0 bridgehead atoms. The van der Waals surface area contributed by atoms with E-state index >= 15 is 0 Å². The van der Waals surface area contributed by atoms with Crippen molar-refractivity contribution in [2.75, 3.05) is 18.8 Å². The predicted molar refractivity (Wildman–Crippen MR) is 74.0 cm³/mol. The van der Waals surface area contributed by atoms with E-state index in [1.165, 1.54) is 19.3 Å². The van der Waals surface area contributed by atoms with Crippen molar-refractivity contribution in [3.8, 4) is 0 Å². The second-order valence-electron chi connectivity index (χ2n) is 5.75. The van der Waals surface area contributed by atoms with Gasteiger partial charge in [0.05, 0.1) is 5.75 Å². The van der Waals surface area contributed by atoms with E-state index in [9.17, 15) is 8.42 Å². The standard InChI is InChI=1S/C13H26N2O2S/c16-18(17,15-13-4-2-1-3-5-13)11-8-12-6-9-14-10-7-12/h12-15H,1-11H2. The summed E-state index contributed by atoms with van der Waals surface area (Å²) in [6.45, 7) is 2.08. The van der Waals surface area contributed by atoms with E-state index in [1.54, 1.807) is 0 Å². The van der Waals surface area contributed by atoms with E-state index in [2.05, 4.69) is 10.0 Å². The number of rotatable bonds is 5. The number of hydrogen-bond acceptors (Lipinski definition) is 3. The summed E-state index contributed by atoms with van der Waals surface area (Å²) in [5.41, 5.74) is 0. The van der Waals surface area contributed by atoms with Crippen molar-refractivity contribution in [1.29, 1.82) is 0 Å². The van der Waals surface area contributed by atoms with Crippen molar-refractivity contribution in [2.24, 2.45) is 5.92 Å². The molecule has 0 aromatic rings. The molecule has 2 N–H and O–H groups in total. The third kappa shape index (κ3) is 4.86. The number of hydrogen-bond donors (Lipinski definition) is 2. The Morgan fingerprint density at radius 2 is 1.67 bits per heavy atom. The monoisotopic (exact) mass is 274 g/mol. The molecule has 1 saturated heterocycles. The number of piperidine rings is 1. The molecular weight excluding hydrogens is 248 g/mol. The molecule has 4 nitrogen and oxygen atoms in total. The highest BCUT2D eigenvalue weighted by Crippen LogP contribution is 2.20. The van der Waals surface area contributed by atoms with Gasteiger partial charge in [-0.1, -0.05) is 19.3 Å². The van der Waals surface area contributed by atoms with E-state index in [4.69, 9.17) is 0 Å². The normalized spacial score (nSPS) is 24.2. The van der Waals surface area contributed by atoms with Crippen LogP contribution in [0.3, 0.4) is 0 Å².